The summed E-state index contributed by atoms with van der Waals surface area (Å²) in [6.45, 7) is 13.1. The van der Waals surface area contributed by atoms with Crippen LogP contribution >= 0.6 is 0 Å². The largest absolute Gasteiger partial charge is 0.377 e. The molecule has 0 aromatic rings. The van der Waals surface area contributed by atoms with E-state index in [2.05, 4.69) is 38.8 Å². The van der Waals surface area contributed by atoms with E-state index in [1.807, 2.05) is 6.92 Å². The van der Waals surface area contributed by atoms with Crippen LogP contribution in [0.3, 0.4) is 0 Å². The molecule has 0 amide bonds. The number of Topliss-reactive ketones (excluding diaryl/α,β-unsaturated/α-hetero) is 1. The van der Waals surface area contributed by atoms with Crippen LogP contribution in [0.15, 0.2) is 11.8 Å². The predicted molar refractivity (Wildman–Crippen MR) is 86.7 cm³/mol. The quantitative estimate of drug-likeness (QED) is 0.636. The minimum atomic E-state index is 0.0503. The van der Waals surface area contributed by atoms with Gasteiger partial charge in [0.25, 0.3) is 0 Å². The van der Waals surface area contributed by atoms with E-state index in [0.717, 1.165) is 31.0 Å². The van der Waals surface area contributed by atoms with Gasteiger partial charge >= 0.3 is 0 Å². The number of nitrogens with zero attached hydrogens (tertiary/aromatic N) is 1. The van der Waals surface area contributed by atoms with Crippen molar-refractivity contribution in [3.8, 4) is 0 Å². The molecule has 0 radical (unpaired) electrons. The third-order valence-corrected chi connectivity index (χ3v) is 4.72. The van der Waals surface area contributed by atoms with Gasteiger partial charge in [0.05, 0.1) is 0 Å². The van der Waals surface area contributed by atoms with Gasteiger partial charge in [0.2, 0.25) is 0 Å². The summed E-state index contributed by atoms with van der Waals surface area (Å²) in [7, 11) is 0. The Morgan fingerprint density at radius 3 is 2.60 bits per heavy atom. The zero-order valence-corrected chi connectivity index (χ0v) is 14.2. The number of hydrogen-bond acceptors (Lipinski definition) is 2. The van der Waals surface area contributed by atoms with E-state index in [4.69, 9.17) is 0 Å². The number of allylic oxidation sites excluding steroid dienone is 1. The molecule has 0 N–H and O–H groups in total. The van der Waals surface area contributed by atoms with Crippen LogP contribution < -0.4 is 0 Å². The lowest BCUT2D eigenvalue weighted by molar-refractivity contribution is -0.116. The second-order valence-corrected chi connectivity index (χ2v) is 6.86. The highest BCUT2D eigenvalue weighted by Gasteiger charge is 2.32. The molecule has 20 heavy (non-hydrogen) atoms. The molecule has 0 bridgehead atoms. The van der Waals surface area contributed by atoms with E-state index >= 15 is 0 Å². The molecule has 1 aliphatic rings. The van der Waals surface area contributed by atoms with Gasteiger partial charge in [-0.1, -0.05) is 53.9 Å². The van der Waals surface area contributed by atoms with Crippen LogP contribution in [0.4, 0.5) is 0 Å². The molecular weight excluding hydrogens is 246 g/mol. The van der Waals surface area contributed by atoms with Crippen LogP contribution in [-0.2, 0) is 4.79 Å². The van der Waals surface area contributed by atoms with E-state index in [0.29, 0.717) is 12.2 Å². The van der Waals surface area contributed by atoms with Crippen molar-refractivity contribution in [2.24, 2.45) is 11.3 Å². The summed E-state index contributed by atoms with van der Waals surface area (Å²) in [4.78, 5) is 14.6. The van der Waals surface area contributed by atoms with Crippen LogP contribution in [0, 0.1) is 11.3 Å². The van der Waals surface area contributed by atoms with Gasteiger partial charge in [-0.3, -0.25) is 4.79 Å². The fourth-order valence-electron chi connectivity index (χ4n) is 3.01. The maximum atomic E-state index is 12.2. The van der Waals surface area contributed by atoms with Crippen molar-refractivity contribution in [3.05, 3.63) is 11.8 Å². The number of carbonyl (C=O) groups is 1. The predicted octanol–water partition coefficient (Wildman–Crippen LogP) is 4.80. The van der Waals surface area contributed by atoms with Gasteiger partial charge in [0.15, 0.2) is 5.78 Å². The van der Waals surface area contributed by atoms with E-state index in [-0.39, 0.29) is 5.41 Å². The van der Waals surface area contributed by atoms with Gasteiger partial charge in [0, 0.05) is 31.3 Å². The molecule has 0 spiro atoms. The molecule has 1 atom stereocenters. The van der Waals surface area contributed by atoms with Crippen molar-refractivity contribution in [3.63, 3.8) is 0 Å². The minimum absolute atomic E-state index is 0.0503. The van der Waals surface area contributed by atoms with Crippen molar-refractivity contribution >= 4 is 5.78 Å². The highest BCUT2D eigenvalue weighted by molar-refractivity contribution is 5.96. The Kier molecular flexibility index (Phi) is 6.78. The summed E-state index contributed by atoms with van der Waals surface area (Å²) >= 11 is 0. The average Bonchev–Trinajstić information content (AvgIpc) is 2.43. The molecule has 2 nitrogen and oxygen atoms in total. The van der Waals surface area contributed by atoms with Gasteiger partial charge in [-0.05, 0) is 24.2 Å². The molecule has 0 aromatic carbocycles. The lowest BCUT2D eigenvalue weighted by Crippen LogP contribution is -2.37. The van der Waals surface area contributed by atoms with Crippen LogP contribution in [0.2, 0.25) is 0 Å². The SMILES string of the molecule is CCCCC(CC)CN1C=C(C(=O)CC)C(C)(C)CC1. The highest BCUT2D eigenvalue weighted by Crippen LogP contribution is 2.36. The van der Waals surface area contributed by atoms with Crippen LogP contribution in [0.5, 0.6) is 0 Å². The van der Waals surface area contributed by atoms with Crippen LogP contribution in [0.25, 0.3) is 0 Å². The number of ketones is 1. The molecule has 1 heterocycles. The molecule has 116 valence electrons. The maximum absolute atomic E-state index is 12.2. The summed E-state index contributed by atoms with van der Waals surface area (Å²) in [5.41, 5.74) is 1.09. The molecule has 2 heteroatoms. The molecule has 0 aromatic heterocycles. The normalized spacial score (nSPS) is 19.6. The summed E-state index contributed by atoms with van der Waals surface area (Å²) in [6, 6.07) is 0. The van der Waals surface area contributed by atoms with E-state index in [9.17, 15) is 4.79 Å². The molecule has 0 fully saturated rings. The Morgan fingerprint density at radius 1 is 1.35 bits per heavy atom. The Labute approximate surface area is 125 Å². The van der Waals surface area contributed by atoms with Crippen molar-refractivity contribution in [1.82, 2.24) is 4.90 Å². The zero-order chi connectivity index (χ0) is 15.2. The van der Waals surface area contributed by atoms with E-state index in [1.165, 1.54) is 25.7 Å². The third-order valence-electron chi connectivity index (χ3n) is 4.72. The molecule has 0 aliphatic carbocycles. The summed E-state index contributed by atoms with van der Waals surface area (Å²) in [5, 5.41) is 0. The third kappa shape index (κ3) is 4.64. The molecular formula is C18H33NO. The first kappa shape index (κ1) is 17.3. The van der Waals surface area contributed by atoms with Crippen molar-refractivity contribution in [1.29, 1.82) is 0 Å². The Balaban J connectivity index is 2.74. The lowest BCUT2D eigenvalue weighted by Gasteiger charge is -2.38. The van der Waals surface area contributed by atoms with Crippen molar-refractivity contribution in [2.75, 3.05) is 13.1 Å². The van der Waals surface area contributed by atoms with Crippen LogP contribution in [-0.4, -0.2) is 23.8 Å². The Bertz CT molecular complexity index is 343. The van der Waals surface area contributed by atoms with Gasteiger partial charge in [-0.2, -0.15) is 0 Å². The summed E-state index contributed by atoms with van der Waals surface area (Å²) < 4.78 is 0. The Hall–Kier alpha value is -0.790. The monoisotopic (exact) mass is 279 g/mol. The van der Waals surface area contributed by atoms with Gasteiger partial charge < -0.3 is 4.90 Å². The first-order valence-electron chi connectivity index (χ1n) is 8.44. The highest BCUT2D eigenvalue weighted by atomic mass is 16.1. The Morgan fingerprint density at radius 2 is 2.05 bits per heavy atom. The second-order valence-electron chi connectivity index (χ2n) is 6.86. The van der Waals surface area contributed by atoms with E-state index in [1.54, 1.807) is 0 Å². The smallest absolute Gasteiger partial charge is 0.160 e. The van der Waals surface area contributed by atoms with Gasteiger partial charge in [-0.15, -0.1) is 0 Å². The fraction of sp³-hybridized carbons (Fsp3) is 0.833. The number of carbonyl (C=O) groups excluding carboxylic acids is 1. The van der Waals surface area contributed by atoms with Gasteiger partial charge in [-0.25, -0.2) is 0 Å². The first-order chi connectivity index (χ1) is 9.44. The number of rotatable bonds is 8. The summed E-state index contributed by atoms with van der Waals surface area (Å²) in [5.74, 6) is 1.09. The molecule has 0 saturated carbocycles. The molecule has 0 saturated heterocycles. The fourth-order valence-corrected chi connectivity index (χ4v) is 3.01. The molecule has 1 rings (SSSR count). The lowest BCUT2D eigenvalue weighted by atomic mass is 9.76. The minimum Gasteiger partial charge on any atom is -0.377 e. The average molecular weight is 279 g/mol. The standard InChI is InChI=1S/C18H33NO/c1-6-9-10-15(7-2)13-19-12-11-18(4,5)16(14-19)17(20)8-3/h14-15H,6-13H2,1-5H3. The summed E-state index contributed by atoms with van der Waals surface area (Å²) in [6.07, 6.45) is 9.04. The number of unbranched alkanes of at least 4 members (excludes halogenated alkanes) is 1. The van der Waals surface area contributed by atoms with Crippen molar-refractivity contribution in [2.45, 2.75) is 73.1 Å². The van der Waals surface area contributed by atoms with Gasteiger partial charge in [0.1, 0.15) is 0 Å². The second kappa shape index (κ2) is 7.85. The van der Waals surface area contributed by atoms with E-state index < -0.39 is 0 Å². The molecule has 1 unspecified atom stereocenters. The molecule has 1 aliphatic heterocycles. The van der Waals surface area contributed by atoms with Crippen molar-refractivity contribution < 1.29 is 4.79 Å². The number of hydrogen-bond donors (Lipinski definition) is 0. The van der Waals surface area contributed by atoms with Crippen LogP contribution in [0.1, 0.15) is 73.1 Å². The topological polar surface area (TPSA) is 20.3 Å². The zero-order valence-electron chi connectivity index (χ0n) is 14.2. The maximum Gasteiger partial charge on any atom is 0.160 e. The first-order valence-corrected chi connectivity index (χ1v) is 8.44.